The molecule has 196 valence electrons. The number of nitrogens with zero attached hydrogens (tertiary/aromatic N) is 3. The van der Waals surface area contributed by atoms with Crippen molar-refractivity contribution in [1.82, 2.24) is 10.2 Å². The maximum absolute atomic E-state index is 13.6. The Morgan fingerprint density at radius 1 is 1.08 bits per heavy atom. The minimum atomic E-state index is -4.00. The van der Waals surface area contributed by atoms with Crippen molar-refractivity contribution >= 4 is 33.2 Å². The molecule has 0 aliphatic rings. The van der Waals surface area contributed by atoms with Crippen LogP contribution in [0.5, 0.6) is 0 Å². The Labute approximate surface area is 212 Å². The lowest BCUT2D eigenvalue weighted by Gasteiger charge is -2.33. The summed E-state index contributed by atoms with van der Waals surface area (Å²) >= 11 is 0. The van der Waals surface area contributed by atoms with E-state index in [2.05, 4.69) is 5.32 Å². The van der Waals surface area contributed by atoms with Gasteiger partial charge in [0.25, 0.3) is 5.69 Å². The molecule has 11 heteroatoms. The van der Waals surface area contributed by atoms with E-state index >= 15 is 0 Å². The number of benzene rings is 2. The maximum Gasteiger partial charge on any atom is 0.271 e. The molecule has 0 aliphatic heterocycles. The van der Waals surface area contributed by atoms with Crippen molar-refractivity contribution in [3.63, 3.8) is 0 Å². The summed E-state index contributed by atoms with van der Waals surface area (Å²) in [7, 11) is -4.00. The van der Waals surface area contributed by atoms with Crippen LogP contribution in [0.3, 0.4) is 0 Å². The lowest BCUT2D eigenvalue weighted by Crippen LogP contribution is -2.54. The monoisotopic (exact) mass is 518 g/mol. The van der Waals surface area contributed by atoms with Gasteiger partial charge in [0.05, 0.1) is 16.9 Å². The zero-order chi connectivity index (χ0) is 27.4. The van der Waals surface area contributed by atoms with Gasteiger partial charge in [0, 0.05) is 24.2 Å². The first-order valence-corrected chi connectivity index (χ1v) is 13.2. The van der Waals surface area contributed by atoms with E-state index in [4.69, 9.17) is 0 Å². The Morgan fingerprint density at radius 2 is 1.67 bits per heavy atom. The fourth-order valence-electron chi connectivity index (χ4n) is 3.52. The minimum Gasteiger partial charge on any atom is -0.350 e. The van der Waals surface area contributed by atoms with Crippen molar-refractivity contribution in [3.05, 3.63) is 69.3 Å². The molecule has 0 fully saturated rings. The largest absolute Gasteiger partial charge is 0.350 e. The van der Waals surface area contributed by atoms with Crippen LogP contribution in [0.1, 0.15) is 44.4 Å². The van der Waals surface area contributed by atoms with Gasteiger partial charge in [0.15, 0.2) is 0 Å². The van der Waals surface area contributed by atoms with Gasteiger partial charge in [-0.1, -0.05) is 35.9 Å². The predicted molar refractivity (Wildman–Crippen MR) is 139 cm³/mol. The predicted octanol–water partition coefficient (Wildman–Crippen LogP) is 3.31. The highest BCUT2D eigenvalue weighted by Crippen LogP contribution is 2.28. The first-order valence-electron chi connectivity index (χ1n) is 11.4. The first kappa shape index (κ1) is 28.8. The van der Waals surface area contributed by atoms with Gasteiger partial charge in [-0.2, -0.15) is 0 Å². The zero-order valence-corrected chi connectivity index (χ0v) is 22.5. The summed E-state index contributed by atoms with van der Waals surface area (Å²) in [5.41, 5.74) is 1.43. The summed E-state index contributed by atoms with van der Waals surface area (Å²) in [5, 5.41) is 14.1. The summed E-state index contributed by atoms with van der Waals surface area (Å²) in [5.74, 6) is -1.01. The molecule has 10 nitrogen and oxygen atoms in total. The lowest BCUT2D eigenvalue weighted by atomic mass is 10.1. The average molecular weight is 519 g/mol. The van der Waals surface area contributed by atoms with Crippen LogP contribution < -0.4 is 9.62 Å². The van der Waals surface area contributed by atoms with Gasteiger partial charge >= 0.3 is 0 Å². The molecule has 0 aliphatic carbocycles. The number of hydrogen-bond acceptors (Lipinski definition) is 6. The van der Waals surface area contributed by atoms with Crippen LogP contribution in [0.15, 0.2) is 42.5 Å². The van der Waals surface area contributed by atoms with E-state index in [0.717, 1.165) is 27.8 Å². The molecule has 0 spiro atoms. The second kappa shape index (κ2) is 11.1. The number of sulfonamides is 1. The van der Waals surface area contributed by atoms with E-state index in [9.17, 15) is 28.1 Å². The molecule has 1 N–H and O–H groups in total. The number of hydrogen-bond donors (Lipinski definition) is 1. The van der Waals surface area contributed by atoms with Crippen LogP contribution in [0, 0.1) is 24.0 Å². The van der Waals surface area contributed by atoms with Crippen molar-refractivity contribution in [1.29, 1.82) is 0 Å². The fourth-order valence-corrected chi connectivity index (χ4v) is 4.42. The van der Waals surface area contributed by atoms with Gasteiger partial charge in [-0.3, -0.25) is 24.0 Å². The third-order valence-electron chi connectivity index (χ3n) is 5.49. The van der Waals surface area contributed by atoms with Crippen molar-refractivity contribution in [2.45, 2.75) is 59.7 Å². The highest BCUT2D eigenvalue weighted by Gasteiger charge is 2.32. The van der Waals surface area contributed by atoms with Crippen molar-refractivity contribution in [2.24, 2.45) is 0 Å². The van der Waals surface area contributed by atoms with E-state index < -0.39 is 39.0 Å². The Balaban J connectivity index is 2.49. The molecule has 0 saturated carbocycles. The maximum atomic E-state index is 13.6. The topological polar surface area (TPSA) is 130 Å². The van der Waals surface area contributed by atoms with Crippen LogP contribution in [-0.2, 0) is 26.2 Å². The number of amides is 2. The Morgan fingerprint density at radius 3 is 2.17 bits per heavy atom. The number of rotatable bonds is 9. The molecule has 0 bridgehead atoms. The highest BCUT2D eigenvalue weighted by molar-refractivity contribution is 7.92. The molecular weight excluding hydrogens is 484 g/mol. The number of anilines is 1. The van der Waals surface area contributed by atoms with E-state index in [-0.39, 0.29) is 23.8 Å². The van der Waals surface area contributed by atoms with Crippen LogP contribution in [0.25, 0.3) is 0 Å². The zero-order valence-electron chi connectivity index (χ0n) is 21.7. The number of carbonyl (C=O) groups is 2. The number of nitrogens with one attached hydrogen (secondary N) is 1. The Kier molecular flexibility index (Phi) is 8.84. The first-order chi connectivity index (χ1) is 16.5. The van der Waals surface area contributed by atoms with E-state index in [1.54, 1.807) is 13.8 Å². The van der Waals surface area contributed by atoms with Crippen LogP contribution in [0.2, 0.25) is 0 Å². The fraction of sp³-hybridized carbons (Fsp3) is 0.440. The summed E-state index contributed by atoms with van der Waals surface area (Å²) in [6.45, 7) is 10.0. The minimum absolute atomic E-state index is 0.0298. The standard InChI is InChI=1S/C25H34N4O6S/c1-17-8-11-20(12-9-17)15-27(19(3)24(31)26-25(4,5)6)23(30)16-28(36(7,34)35)22-14-21(29(32)33)13-10-18(22)2/h8-14,19H,15-16H2,1-7H3,(H,26,31)/t19-/m0/s1. The molecule has 2 aromatic carbocycles. The van der Waals surface area contributed by atoms with Crippen molar-refractivity contribution < 1.29 is 22.9 Å². The summed E-state index contributed by atoms with van der Waals surface area (Å²) in [4.78, 5) is 38.5. The number of aryl methyl sites for hydroxylation is 2. The second-order valence-corrected chi connectivity index (χ2v) is 11.8. The molecule has 2 rings (SSSR count). The molecule has 2 amide bonds. The molecule has 36 heavy (non-hydrogen) atoms. The molecule has 1 atom stereocenters. The van der Waals surface area contributed by atoms with Crippen molar-refractivity contribution in [2.75, 3.05) is 17.1 Å². The molecule has 0 saturated heterocycles. The molecule has 0 radical (unpaired) electrons. The van der Waals surface area contributed by atoms with Crippen LogP contribution in [-0.4, -0.2) is 54.4 Å². The van der Waals surface area contributed by atoms with Gasteiger partial charge in [-0.05, 0) is 52.7 Å². The molecule has 0 unspecified atom stereocenters. The van der Waals surface area contributed by atoms with E-state index in [1.165, 1.54) is 17.0 Å². The van der Waals surface area contributed by atoms with Gasteiger partial charge in [0.1, 0.15) is 12.6 Å². The van der Waals surface area contributed by atoms with Crippen LogP contribution >= 0.6 is 0 Å². The third-order valence-corrected chi connectivity index (χ3v) is 6.62. The molecule has 0 heterocycles. The van der Waals surface area contributed by atoms with Gasteiger partial charge in [-0.25, -0.2) is 8.42 Å². The third kappa shape index (κ3) is 7.77. The number of carbonyl (C=O) groups excluding carboxylic acids is 2. The summed E-state index contributed by atoms with van der Waals surface area (Å²) in [6, 6.07) is 10.4. The smallest absolute Gasteiger partial charge is 0.271 e. The van der Waals surface area contributed by atoms with Gasteiger partial charge in [0.2, 0.25) is 21.8 Å². The molecular formula is C25H34N4O6S. The van der Waals surface area contributed by atoms with E-state index in [1.807, 2.05) is 52.0 Å². The van der Waals surface area contributed by atoms with Gasteiger partial charge < -0.3 is 10.2 Å². The SMILES string of the molecule is Cc1ccc(CN(C(=O)CN(c2cc([N+](=O)[O-])ccc2C)S(C)(=O)=O)[C@@H](C)C(=O)NC(C)(C)C)cc1. The highest BCUT2D eigenvalue weighted by atomic mass is 32.2. The summed E-state index contributed by atoms with van der Waals surface area (Å²) in [6.07, 6.45) is 0.929. The van der Waals surface area contributed by atoms with Crippen molar-refractivity contribution in [3.8, 4) is 0 Å². The van der Waals surface area contributed by atoms with Crippen LogP contribution in [0.4, 0.5) is 11.4 Å². The normalized spacial score (nSPS) is 12.5. The average Bonchev–Trinajstić information content (AvgIpc) is 2.75. The number of nitro groups is 1. The Bertz CT molecular complexity index is 1240. The quantitative estimate of drug-likeness (QED) is 0.400. The number of non-ortho nitro benzene ring substituents is 1. The van der Waals surface area contributed by atoms with E-state index in [0.29, 0.717) is 5.56 Å². The molecule has 0 aromatic heterocycles. The van der Waals surface area contributed by atoms with Gasteiger partial charge in [-0.15, -0.1) is 0 Å². The second-order valence-electron chi connectivity index (χ2n) is 9.92. The lowest BCUT2D eigenvalue weighted by molar-refractivity contribution is -0.384. The Hall–Kier alpha value is -3.47. The summed E-state index contributed by atoms with van der Waals surface area (Å²) < 4.78 is 26.3. The number of nitro benzene ring substituents is 1. The molecule has 2 aromatic rings.